The van der Waals surface area contributed by atoms with Crippen molar-refractivity contribution < 1.29 is 79.5 Å². The second kappa shape index (κ2) is 37.7. The molecule has 0 amide bonds. The Kier molecular flexibility index (Phi) is 28.2. The summed E-state index contributed by atoms with van der Waals surface area (Å²) in [6.07, 6.45) is 1.08. The van der Waals surface area contributed by atoms with E-state index in [1.54, 1.807) is 58.0 Å². The largest absolute Gasteiger partial charge is 0.461 e. The van der Waals surface area contributed by atoms with E-state index < -0.39 is 96.3 Å². The van der Waals surface area contributed by atoms with Gasteiger partial charge in [0.15, 0.2) is 42.8 Å². The van der Waals surface area contributed by atoms with Crippen molar-refractivity contribution in [2.45, 2.75) is 206 Å². The van der Waals surface area contributed by atoms with Gasteiger partial charge >= 0.3 is 5.69 Å². The minimum Gasteiger partial charge on any atom is -0.461 e. The number of aromatic nitrogens is 2. The summed E-state index contributed by atoms with van der Waals surface area (Å²) in [5.41, 5.74) is 8.00. The zero-order valence-corrected chi connectivity index (χ0v) is 81.7. The fraction of sp³-hybridized carbons (Fsp3) is 0.422. The Morgan fingerprint density at radius 1 is 0.383 bits per heavy atom. The minimum absolute atomic E-state index is 0.00110. The molecular formula is C102H119F5N8O14S4. The molecule has 4 fully saturated rings. The average molecular weight is 1900 g/mol. The van der Waals surface area contributed by atoms with Crippen LogP contribution in [0.2, 0.25) is 0 Å². The maximum absolute atomic E-state index is 15.6. The van der Waals surface area contributed by atoms with E-state index in [-0.39, 0.29) is 158 Å². The van der Waals surface area contributed by atoms with Crippen molar-refractivity contribution in [3.63, 3.8) is 0 Å². The van der Waals surface area contributed by atoms with E-state index in [1.165, 1.54) is 52.5 Å². The van der Waals surface area contributed by atoms with Gasteiger partial charge in [-0.2, -0.15) is 0 Å². The highest BCUT2D eigenvalue weighted by Crippen LogP contribution is 2.53. The van der Waals surface area contributed by atoms with Gasteiger partial charge in [0.1, 0.15) is 71.7 Å². The topological polar surface area (TPSA) is 260 Å². The maximum atomic E-state index is 15.6. The van der Waals surface area contributed by atoms with Crippen molar-refractivity contribution in [3.05, 3.63) is 255 Å². The summed E-state index contributed by atoms with van der Waals surface area (Å²) in [4.78, 5) is 77.8. The van der Waals surface area contributed by atoms with E-state index in [9.17, 15) is 62.0 Å². The number of hydrogen-bond donors (Lipinski definition) is 0. The van der Waals surface area contributed by atoms with Gasteiger partial charge in [-0.1, -0.05) is 89.9 Å². The Morgan fingerprint density at radius 3 is 1.02 bits per heavy atom. The number of nitrogens with zero attached hydrogens (tertiary/aromatic N) is 8. The molecule has 9 aromatic rings. The number of sulfone groups is 4. The first-order valence-electron chi connectivity index (χ1n) is 44.9. The summed E-state index contributed by atoms with van der Waals surface area (Å²) >= 11 is 0. The number of hydrogen-bond acceptors (Lipinski definition) is 20. The third-order valence-corrected chi connectivity index (χ3v) is 33.5. The number of ketones is 4. The standard InChI is InChI=1S/C26H30F2N2O5S.C26H31FN2O3S.2C25H29FN2O3S/c1-16(2)29-22-13-18(23(31)15-26(4)8-10-36(33,34)11-9-26)12-21(28)24(22)30(25(29)32)19-6-5-7-20(14-19)35-17(3)27;1-17(2)28-19(4)29(20-8-6-7-18(3)13-20)24-15-22(27)21(14-23(24)28)25(30)16-26(5)9-11-33(31,32)12-10-26;2*1-16(2)27-18(4)28(19-8-6-7-17(3)11-19)23-13-21(26)20(12-22(23)27)24(29)14-25(5)9-10-32(30,31)15-25/h5-7,12-14,16-17H,8-11,15H2,1-4H3;6-8,13-15,17H,4,9-12,16H2,1-3,5H3;2*6-8,11-13,16H,4,9-10,14-15H2,1-3,5H3/t;;2*25-/m..10/s1. The summed E-state index contributed by atoms with van der Waals surface area (Å²) in [5, 5.41) is 0. The van der Waals surface area contributed by atoms with Gasteiger partial charge in [0.2, 0.25) is 6.36 Å². The van der Waals surface area contributed by atoms with Crippen molar-refractivity contribution in [3.8, 4) is 11.4 Å². The van der Waals surface area contributed by atoms with Gasteiger partial charge in [-0.3, -0.25) is 43.0 Å². The van der Waals surface area contributed by atoms with E-state index in [2.05, 4.69) is 19.7 Å². The van der Waals surface area contributed by atoms with Gasteiger partial charge in [-0.15, -0.1) is 0 Å². The number of ether oxygens (including phenoxy) is 1. The SMILES string of the molecule is C=C1N(c2cccc(C)c2)c2cc(F)c(C(=O)CC3(C)CCS(=O)(=O)CC3)cc2N1C(C)C.C=C1N(c2cccc(C)c2)c2cc(F)c(C(=O)C[C@@]3(C)CCS(=O)(=O)C3)cc2N1C(C)C.C=C1N(c2cccc(C)c2)c2cc(F)c(C(=O)C[C@]3(C)CCS(=O)(=O)C3)cc2N1C(C)C.CC(F)Oc1cccc(-n2c(=O)n(C(C)C)c3cc(C(=O)CC4(C)CCS(=O)(=O)CC4)cc(F)c32)c1. The Labute approximate surface area is 777 Å². The molecule has 8 aromatic carbocycles. The quantitative estimate of drug-likeness (QED) is 0.0451. The molecule has 1 unspecified atom stereocenters. The molecule has 3 atom stereocenters. The lowest BCUT2D eigenvalue weighted by Crippen LogP contribution is -2.33. The van der Waals surface area contributed by atoms with Crippen LogP contribution in [0.1, 0.15) is 218 Å². The summed E-state index contributed by atoms with van der Waals surface area (Å²) in [5.74, 6) is -1.25. The molecule has 16 rings (SSSR count). The highest BCUT2D eigenvalue weighted by Gasteiger charge is 2.46. The number of aryl methyl sites for hydroxylation is 3. The number of anilines is 9. The monoisotopic (exact) mass is 1900 g/mol. The average Bonchev–Trinajstić information content (AvgIpc) is 1.62. The lowest BCUT2D eigenvalue weighted by atomic mass is 9.78. The number of alkyl halides is 1. The van der Waals surface area contributed by atoms with Crippen LogP contribution in [0.3, 0.4) is 0 Å². The normalized spacial score (nSPS) is 20.2. The predicted octanol–water partition coefficient (Wildman–Crippen LogP) is 21.5. The predicted molar refractivity (Wildman–Crippen MR) is 519 cm³/mol. The number of halogens is 5. The number of rotatable bonds is 22. The number of fused-ring (bicyclic) bond motifs is 4. The second-order valence-corrected chi connectivity index (χ2v) is 48.3. The Hall–Kier alpha value is -11.0. The Bertz CT molecular complexity index is 6550. The van der Waals surface area contributed by atoms with E-state index in [4.69, 9.17) is 4.74 Å². The molecule has 22 nitrogen and oxygen atoms in total. The van der Waals surface area contributed by atoms with Crippen LogP contribution < -0.4 is 39.8 Å². The van der Waals surface area contributed by atoms with Gasteiger partial charge in [0, 0.05) is 104 Å². The first-order chi connectivity index (χ1) is 62.0. The highest BCUT2D eigenvalue weighted by atomic mass is 32.2. The molecule has 710 valence electrons. The van der Waals surface area contributed by atoms with Crippen LogP contribution in [0.4, 0.5) is 73.1 Å². The van der Waals surface area contributed by atoms with Crippen LogP contribution in [0.15, 0.2) is 188 Å². The summed E-state index contributed by atoms with van der Waals surface area (Å²) < 4.78 is 177. The van der Waals surface area contributed by atoms with Gasteiger partial charge in [0.25, 0.3) is 0 Å². The van der Waals surface area contributed by atoms with E-state index >= 15 is 17.6 Å². The third-order valence-electron chi connectivity index (χ3n) is 26.3. The molecule has 0 bridgehead atoms. The molecule has 31 heteroatoms. The molecule has 133 heavy (non-hydrogen) atoms. The number of Topliss-reactive ketones (excluding diaryl/α,β-unsaturated/α-hetero) is 4. The molecule has 7 aliphatic rings. The van der Waals surface area contributed by atoms with Gasteiger partial charge in [0.05, 0.1) is 108 Å². The van der Waals surface area contributed by atoms with Gasteiger partial charge in [-0.25, -0.2) is 60.4 Å². The number of benzene rings is 8. The first-order valence-corrected chi connectivity index (χ1v) is 52.2. The number of carbonyl (C=O) groups excluding carboxylic acids is 4. The summed E-state index contributed by atoms with van der Waals surface area (Å²) in [6.45, 7) is 43.1. The van der Waals surface area contributed by atoms with Crippen molar-refractivity contribution >= 4 is 125 Å². The second-order valence-electron chi connectivity index (χ2n) is 39.3. The smallest absolute Gasteiger partial charge is 0.334 e. The lowest BCUT2D eigenvalue weighted by molar-refractivity contribution is 0.0858. The fourth-order valence-electron chi connectivity index (χ4n) is 19.3. The van der Waals surface area contributed by atoms with Crippen LogP contribution >= 0.6 is 0 Å². The van der Waals surface area contributed by atoms with E-state index in [0.29, 0.717) is 78.7 Å². The highest BCUT2D eigenvalue weighted by molar-refractivity contribution is 7.92. The molecule has 1 aromatic heterocycles. The fourth-order valence-corrected chi connectivity index (χ4v) is 27.5. The van der Waals surface area contributed by atoms with Crippen LogP contribution in [-0.4, -0.2) is 136 Å². The van der Waals surface area contributed by atoms with Crippen LogP contribution in [0.25, 0.3) is 16.7 Å². The van der Waals surface area contributed by atoms with Crippen molar-refractivity contribution in [1.29, 1.82) is 0 Å². The molecule has 0 aliphatic carbocycles. The summed E-state index contributed by atoms with van der Waals surface area (Å²) in [7, 11) is -12.4. The Morgan fingerprint density at radius 2 is 0.699 bits per heavy atom. The molecular weight excluding hydrogens is 1780 g/mol. The molecule has 0 spiro atoms. The van der Waals surface area contributed by atoms with Gasteiger partial charge < -0.3 is 19.4 Å². The van der Waals surface area contributed by atoms with Crippen LogP contribution in [-0.2, 0) is 39.3 Å². The summed E-state index contributed by atoms with van der Waals surface area (Å²) in [6, 6.07) is 41.4. The molecule has 0 saturated carbocycles. The van der Waals surface area contributed by atoms with Crippen molar-refractivity contribution in [1.82, 2.24) is 9.13 Å². The van der Waals surface area contributed by atoms with Gasteiger partial charge in [-0.05, 0) is 232 Å². The lowest BCUT2D eigenvalue weighted by Gasteiger charge is -2.32. The van der Waals surface area contributed by atoms with E-state index in [1.807, 2.05) is 178 Å². The Balaban J connectivity index is 0.000000151. The first kappa shape index (κ1) is 99.5. The molecule has 0 N–H and O–H groups in total. The molecule has 8 heterocycles. The van der Waals surface area contributed by atoms with E-state index in [0.717, 1.165) is 56.9 Å². The molecule has 0 radical (unpaired) electrons. The third kappa shape index (κ3) is 21.4. The molecule has 4 saturated heterocycles. The maximum Gasteiger partial charge on any atom is 0.334 e. The zero-order chi connectivity index (χ0) is 97.4. The minimum atomic E-state index is -3.14. The van der Waals surface area contributed by atoms with Crippen LogP contribution in [0, 0.1) is 65.7 Å². The zero-order valence-electron chi connectivity index (χ0n) is 78.4. The van der Waals surface area contributed by atoms with Crippen LogP contribution in [0.5, 0.6) is 5.75 Å². The van der Waals surface area contributed by atoms with Crippen molar-refractivity contribution in [2.24, 2.45) is 21.7 Å². The van der Waals surface area contributed by atoms with Crippen molar-refractivity contribution in [2.75, 3.05) is 75.4 Å². The molecule has 7 aliphatic heterocycles. The number of carbonyl (C=O) groups is 4. The number of imidazole rings is 1.